The second-order valence-electron chi connectivity index (χ2n) is 5.48. The molecule has 1 rings (SSSR count). The number of carbonyl (C=O) groups excluding carboxylic acids is 2. The molecule has 0 unspecified atom stereocenters. The summed E-state index contributed by atoms with van der Waals surface area (Å²) in [5.41, 5.74) is 0. The van der Waals surface area contributed by atoms with E-state index >= 15 is 0 Å². The van der Waals surface area contributed by atoms with E-state index in [1.807, 2.05) is 13.8 Å². The van der Waals surface area contributed by atoms with Crippen LogP contribution in [0, 0.1) is 0 Å². The first-order valence-corrected chi connectivity index (χ1v) is 7.73. The zero-order chi connectivity index (χ0) is 16.0. The van der Waals surface area contributed by atoms with Crippen LogP contribution < -0.4 is 5.32 Å². The number of ether oxygens (including phenoxy) is 1. The van der Waals surface area contributed by atoms with Gasteiger partial charge in [0.15, 0.2) is 0 Å². The van der Waals surface area contributed by atoms with Crippen LogP contribution in [0.15, 0.2) is 0 Å². The molecule has 21 heavy (non-hydrogen) atoms. The fourth-order valence-electron chi connectivity index (χ4n) is 2.05. The van der Waals surface area contributed by atoms with Gasteiger partial charge < -0.3 is 20.1 Å². The largest absolute Gasteiger partial charge is 0.480 e. The Morgan fingerprint density at radius 3 is 2.62 bits per heavy atom. The summed E-state index contributed by atoms with van der Waals surface area (Å²) >= 11 is 1.78. The molecule has 1 atom stereocenters. The van der Waals surface area contributed by atoms with E-state index < -0.39 is 24.0 Å². The molecule has 0 aromatic rings. The second kappa shape index (κ2) is 7.53. The van der Waals surface area contributed by atoms with Gasteiger partial charge in [-0.25, -0.2) is 9.59 Å². The van der Waals surface area contributed by atoms with Gasteiger partial charge in [0, 0.05) is 30.0 Å². The maximum atomic E-state index is 12.1. The predicted molar refractivity (Wildman–Crippen MR) is 79.3 cm³/mol. The summed E-state index contributed by atoms with van der Waals surface area (Å²) in [7, 11) is 1.24. The van der Waals surface area contributed by atoms with Crippen LogP contribution in [-0.4, -0.2) is 64.7 Å². The number of nitrogens with zero attached hydrogens (tertiary/aromatic N) is 1. The standard InChI is InChI=1S/C13H22N2O5S/c1-13(2)8-15(6-7-21-13)12(19)14-9(11(17)18)4-5-10(16)20-3/h9H,4-8H2,1-3H3,(H,14,19)(H,17,18)/t9-/m0/s1. The van der Waals surface area contributed by atoms with Crippen molar-refractivity contribution in [3.05, 3.63) is 0 Å². The van der Waals surface area contributed by atoms with Crippen LogP contribution >= 0.6 is 11.8 Å². The van der Waals surface area contributed by atoms with E-state index in [0.717, 1.165) is 5.75 Å². The van der Waals surface area contributed by atoms with E-state index in [1.165, 1.54) is 7.11 Å². The lowest BCUT2D eigenvalue weighted by molar-refractivity contribution is -0.142. The van der Waals surface area contributed by atoms with Crippen molar-refractivity contribution in [1.29, 1.82) is 0 Å². The molecule has 0 aromatic carbocycles. The second-order valence-corrected chi connectivity index (χ2v) is 7.29. The summed E-state index contributed by atoms with van der Waals surface area (Å²) in [6.45, 7) is 5.24. The summed E-state index contributed by atoms with van der Waals surface area (Å²) < 4.78 is 4.43. The van der Waals surface area contributed by atoms with Gasteiger partial charge in [0.05, 0.1) is 7.11 Å². The summed E-state index contributed by atoms with van der Waals surface area (Å²) in [4.78, 5) is 36.0. The summed E-state index contributed by atoms with van der Waals surface area (Å²) in [6.07, 6.45) is -0.0329. The summed E-state index contributed by atoms with van der Waals surface area (Å²) in [5, 5.41) is 11.6. The van der Waals surface area contributed by atoms with Crippen LogP contribution in [-0.2, 0) is 14.3 Å². The van der Waals surface area contributed by atoms with Gasteiger partial charge in [0.25, 0.3) is 0 Å². The number of aliphatic carboxylic acids is 1. The maximum absolute atomic E-state index is 12.1. The molecule has 0 bridgehead atoms. The minimum absolute atomic E-state index is 0.0136. The van der Waals surface area contributed by atoms with Crippen molar-refractivity contribution >= 4 is 29.7 Å². The Hall–Kier alpha value is -1.44. The molecule has 0 spiro atoms. The van der Waals surface area contributed by atoms with Gasteiger partial charge in [-0.3, -0.25) is 4.79 Å². The number of rotatable bonds is 5. The molecule has 2 N–H and O–H groups in total. The van der Waals surface area contributed by atoms with Crippen LogP contribution in [0.25, 0.3) is 0 Å². The fraction of sp³-hybridized carbons (Fsp3) is 0.769. The van der Waals surface area contributed by atoms with Crippen molar-refractivity contribution in [3.63, 3.8) is 0 Å². The van der Waals surface area contributed by atoms with Crippen molar-refractivity contribution < 1.29 is 24.2 Å². The third kappa shape index (κ3) is 5.82. The van der Waals surface area contributed by atoms with Gasteiger partial charge in [0.1, 0.15) is 6.04 Å². The van der Waals surface area contributed by atoms with Gasteiger partial charge >= 0.3 is 18.0 Å². The zero-order valence-electron chi connectivity index (χ0n) is 12.5. The lowest BCUT2D eigenvalue weighted by atomic mass is 10.1. The third-order valence-electron chi connectivity index (χ3n) is 3.17. The Morgan fingerprint density at radius 2 is 2.10 bits per heavy atom. The molecule has 1 aliphatic heterocycles. The van der Waals surface area contributed by atoms with Crippen molar-refractivity contribution in [3.8, 4) is 0 Å². The van der Waals surface area contributed by atoms with Gasteiger partial charge in [-0.2, -0.15) is 11.8 Å². The van der Waals surface area contributed by atoms with Crippen LogP contribution in [0.1, 0.15) is 26.7 Å². The molecular formula is C13H22N2O5S. The van der Waals surface area contributed by atoms with Gasteiger partial charge in [-0.05, 0) is 20.3 Å². The highest BCUT2D eigenvalue weighted by Gasteiger charge is 2.31. The molecule has 2 amide bonds. The minimum Gasteiger partial charge on any atom is -0.480 e. The third-order valence-corrected chi connectivity index (χ3v) is 4.47. The Morgan fingerprint density at radius 1 is 1.43 bits per heavy atom. The highest BCUT2D eigenvalue weighted by Crippen LogP contribution is 2.29. The summed E-state index contributed by atoms with van der Waals surface area (Å²) in [5.74, 6) is -0.829. The number of carbonyl (C=O) groups is 3. The number of carboxylic acid groups (broad SMARTS) is 1. The Balaban J connectivity index is 2.56. The number of nitrogens with one attached hydrogen (secondary N) is 1. The molecule has 1 fully saturated rings. The number of esters is 1. The van der Waals surface area contributed by atoms with Crippen LogP contribution in [0.2, 0.25) is 0 Å². The first-order valence-electron chi connectivity index (χ1n) is 6.74. The number of thioether (sulfide) groups is 1. The Labute approximate surface area is 128 Å². The molecule has 120 valence electrons. The highest BCUT2D eigenvalue weighted by atomic mass is 32.2. The number of carboxylic acids is 1. The molecule has 1 heterocycles. The van der Waals surface area contributed by atoms with Gasteiger partial charge in [-0.15, -0.1) is 0 Å². The lowest BCUT2D eigenvalue weighted by Crippen LogP contribution is -2.53. The topological polar surface area (TPSA) is 95.9 Å². The van der Waals surface area contributed by atoms with Crippen molar-refractivity contribution in [2.45, 2.75) is 37.5 Å². The number of methoxy groups -OCH3 is 1. The number of hydrogen-bond donors (Lipinski definition) is 2. The average Bonchev–Trinajstić information content (AvgIpc) is 2.41. The average molecular weight is 318 g/mol. The maximum Gasteiger partial charge on any atom is 0.326 e. The molecule has 7 nitrogen and oxygen atoms in total. The summed E-state index contributed by atoms with van der Waals surface area (Å²) in [6, 6.07) is -1.49. The van der Waals surface area contributed by atoms with E-state index in [1.54, 1.807) is 16.7 Å². The first kappa shape index (κ1) is 17.6. The normalized spacial score (nSPS) is 18.7. The molecule has 0 saturated carbocycles. The first-order chi connectivity index (χ1) is 9.75. The molecule has 0 aromatic heterocycles. The molecule has 0 aliphatic carbocycles. The molecule has 8 heteroatoms. The lowest BCUT2D eigenvalue weighted by Gasteiger charge is -2.37. The van der Waals surface area contributed by atoms with E-state index in [2.05, 4.69) is 10.1 Å². The fourth-order valence-corrected chi connectivity index (χ4v) is 3.16. The van der Waals surface area contributed by atoms with Crippen LogP contribution in [0.5, 0.6) is 0 Å². The molecule has 0 radical (unpaired) electrons. The van der Waals surface area contributed by atoms with E-state index in [0.29, 0.717) is 13.1 Å². The van der Waals surface area contributed by atoms with Crippen LogP contribution in [0.3, 0.4) is 0 Å². The van der Waals surface area contributed by atoms with Crippen molar-refractivity contribution in [2.24, 2.45) is 0 Å². The minimum atomic E-state index is -1.15. The van der Waals surface area contributed by atoms with E-state index in [-0.39, 0.29) is 17.6 Å². The smallest absolute Gasteiger partial charge is 0.326 e. The number of amides is 2. The molecule has 1 saturated heterocycles. The quantitative estimate of drug-likeness (QED) is 0.732. The highest BCUT2D eigenvalue weighted by molar-refractivity contribution is 8.00. The SMILES string of the molecule is COC(=O)CC[C@H](NC(=O)N1CCSC(C)(C)C1)C(=O)O. The van der Waals surface area contributed by atoms with Gasteiger partial charge in [0.2, 0.25) is 0 Å². The van der Waals surface area contributed by atoms with Crippen LogP contribution in [0.4, 0.5) is 4.79 Å². The number of hydrogen-bond acceptors (Lipinski definition) is 5. The van der Waals surface area contributed by atoms with E-state index in [9.17, 15) is 14.4 Å². The predicted octanol–water partition coefficient (Wildman–Crippen LogP) is 0.930. The van der Waals surface area contributed by atoms with Crippen molar-refractivity contribution in [2.75, 3.05) is 26.0 Å². The monoisotopic (exact) mass is 318 g/mol. The molecular weight excluding hydrogens is 296 g/mol. The van der Waals surface area contributed by atoms with Gasteiger partial charge in [-0.1, -0.05) is 0 Å². The van der Waals surface area contributed by atoms with E-state index in [4.69, 9.17) is 5.11 Å². The van der Waals surface area contributed by atoms with Crippen molar-refractivity contribution in [1.82, 2.24) is 10.2 Å². The zero-order valence-corrected chi connectivity index (χ0v) is 13.4. The molecule has 1 aliphatic rings. The number of urea groups is 1. The Kier molecular flexibility index (Phi) is 6.32. The Bertz CT molecular complexity index is 413.